The second kappa shape index (κ2) is 4.29. The summed E-state index contributed by atoms with van der Waals surface area (Å²) < 4.78 is 5.62. The molecule has 5 atom stereocenters. The van der Waals surface area contributed by atoms with E-state index in [1.807, 2.05) is 7.05 Å². The molecule has 2 aliphatic heterocycles. The zero-order valence-electron chi connectivity index (χ0n) is 8.75. The van der Waals surface area contributed by atoms with Crippen LogP contribution < -0.4 is 5.32 Å². The van der Waals surface area contributed by atoms with Gasteiger partial charge in [0.2, 0.25) is 0 Å². The van der Waals surface area contributed by atoms with Crippen LogP contribution in [0, 0.1) is 0 Å². The zero-order valence-corrected chi connectivity index (χ0v) is 9.57. The van der Waals surface area contributed by atoms with Crippen LogP contribution in [-0.2, 0) is 4.74 Å². The number of thioether (sulfide) groups is 1. The topological polar surface area (TPSA) is 74.1 Å². The molecule has 0 bridgehead atoms. The molecule has 0 spiro atoms. The molecule has 0 aromatic rings. The minimum absolute atomic E-state index is 0.00227. The summed E-state index contributed by atoms with van der Waals surface area (Å²) in [6.07, 6.45) is -1.23. The van der Waals surface area contributed by atoms with Crippen LogP contribution in [0.25, 0.3) is 0 Å². The Hall–Kier alpha value is -0.300. The van der Waals surface area contributed by atoms with Gasteiger partial charge in [-0.15, -0.1) is 0 Å². The number of aliphatic hydroxyl groups is 2. The van der Waals surface area contributed by atoms with Gasteiger partial charge in [0.1, 0.15) is 11.5 Å². The number of nitrogens with one attached hydrogen (secondary N) is 1. The Balaban J connectivity index is 2.03. The van der Waals surface area contributed by atoms with Gasteiger partial charge in [0.25, 0.3) is 0 Å². The maximum atomic E-state index is 9.76. The molecule has 0 radical (unpaired) electrons. The number of nitrogens with zero attached hydrogens (tertiary/aromatic N) is 1. The van der Waals surface area contributed by atoms with Crippen molar-refractivity contribution >= 4 is 16.9 Å². The molecule has 3 N–H and O–H groups in total. The van der Waals surface area contributed by atoms with Crippen LogP contribution in [0.5, 0.6) is 0 Å². The molecular formula is C9H16N2O3S. The monoisotopic (exact) mass is 232 g/mol. The molecule has 0 aromatic carbocycles. The fraction of sp³-hybridized carbons (Fsp3) is 0.889. The molecule has 0 aromatic heterocycles. The molecular weight excluding hydrogens is 216 g/mol. The third-order valence-electron chi connectivity index (χ3n) is 2.67. The lowest BCUT2D eigenvalue weighted by Gasteiger charge is -2.35. The number of amidine groups is 1. The first-order chi connectivity index (χ1) is 7.11. The Labute approximate surface area is 92.9 Å². The molecule has 5 nitrogen and oxygen atoms in total. The predicted molar refractivity (Wildman–Crippen MR) is 58.8 cm³/mol. The molecule has 1 fully saturated rings. The second-order valence-corrected chi connectivity index (χ2v) is 4.97. The minimum Gasteiger partial charge on any atom is -0.391 e. The Morgan fingerprint density at radius 1 is 1.67 bits per heavy atom. The van der Waals surface area contributed by atoms with E-state index in [9.17, 15) is 10.2 Å². The van der Waals surface area contributed by atoms with Crippen LogP contribution in [0.1, 0.15) is 13.3 Å². The van der Waals surface area contributed by atoms with E-state index in [1.165, 1.54) is 11.8 Å². The van der Waals surface area contributed by atoms with Crippen molar-refractivity contribution in [2.24, 2.45) is 4.99 Å². The summed E-state index contributed by atoms with van der Waals surface area (Å²) in [7, 11) is 1.81. The summed E-state index contributed by atoms with van der Waals surface area (Å²) in [5.74, 6) is 0. The standard InChI is InChI=1S/C9H16N2O3S/c1-4(12)7-6(13)3-5-8(14-7)15-9(10-2)11-5/h4-8,12-13H,3H2,1-2H3,(H,10,11)/t4-,5-,6+,7-,8-/m1/s1. The Bertz CT molecular complexity index is 272. The normalized spacial score (nSPS) is 42.0. The van der Waals surface area contributed by atoms with Gasteiger partial charge in [-0.1, -0.05) is 11.8 Å². The van der Waals surface area contributed by atoms with E-state index in [1.54, 1.807) is 6.92 Å². The largest absolute Gasteiger partial charge is 0.391 e. The molecule has 0 aliphatic carbocycles. The zero-order chi connectivity index (χ0) is 11.0. The molecule has 0 saturated carbocycles. The Morgan fingerprint density at radius 2 is 2.40 bits per heavy atom. The summed E-state index contributed by atoms with van der Waals surface area (Å²) in [6.45, 7) is 1.63. The van der Waals surface area contributed by atoms with Crippen LogP contribution in [-0.4, -0.2) is 52.2 Å². The number of hydrogen-bond donors (Lipinski definition) is 3. The van der Waals surface area contributed by atoms with E-state index in [2.05, 4.69) is 10.3 Å². The molecule has 2 heterocycles. The average molecular weight is 232 g/mol. The predicted octanol–water partition coefficient (Wildman–Crippen LogP) is -0.466. The summed E-state index contributed by atoms with van der Waals surface area (Å²) >= 11 is 1.51. The summed E-state index contributed by atoms with van der Waals surface area (Å²) in [5.41, 5.74) is -0.0737. The first kappa shape index (κ1) is 11.2. The molecule has 2 rings (SSSR count). The molecule has 0 unspecified atom stereocenters. The van der Waals surface area contributed by atoms with Crippen LogP contribution in [0.4, 0.5) is 0 Å². The number of hydrogen-bond acceptors (Lipinski definition) is 6. The second-order valence-electron chi connectivity index (χ2n) is 3.88. The fourth-order valence-corrected chi connectivity index (χ4v) is 2.95. The van der Waals surface area contributed by atoms with E-state index in [4.69, 9.17) is 4.74 Å². The van der Waals surface area contributed by atoms with Crippen LogP contribution >= 0.6 is 11.8 Å². The van der Waals surface area contributed by atoms with Crippen molar-refractivity contribution in [3.05, 3.63) is 0 Å². The van der Waals surface area contributed by atoms with E-state index in [0.29, 0.717) is 6.42 Å². The molecule has 6 heteroatoms. The van der Waals surface area contributed by atoms with Crippen molar-refractivity contribution < 1.29 is 14.9 Å². The van der Waals surface area contributed by atoms with Gasteiger partial charge in [-0.2, -0.15) is 0 Å². The molecule has 86 valence electrons. The van der Waals surface area contributed by atoms with Crippen molar-refractivity contribution in [3.63, 3.8) is 0 Å². The fourth-order valence-electron chi connectivity index (χ4n) is 1.90. The van der Waals surface area contributed by atoms with Gasteiger partial charge >= 0.3 is 0 Å². The maximum Gasteiger partial charge on any atom is 0.159 e. The van der Waals surface area contributed by atoms with E-state index in [-0.39, 0.29) is 11.5 Å². The van der Waals surface area contributed by atoms with Crippen LogP contribution in [0.2, 0.25) is 0 Å². The average Bonchev–Trinajstić information content (AvgIpc) is 2.58. The molecule has 15 heavy (non-hydrogen) atoms. The van der Waals surface area contributed by atoms with Gasteiger partial charge in [-0.25, -0.2) is 0 Å². The van der Waals surface area contributed by atoms with Gasteiger partial charge in [-0.05, 0) is 6.92 Å². The van der Waals surface area contributed by atoms with E-state index in [0.717, 1.165) is 5.17 Å². The molecule has 2 aliphatic rings. The maximum absolute atomic E-state index is 9.76. The highest BCUT2D eigenvalue weighted by molar-refractivity contribution is 8.14. The third kappa shape index (κ3) is 2.13. The highest BCUT2D eigenvalue weighted by Crippen LogP contribution is 2.36. The molecule has 1 saturated heterocycles. The van der Waals surface area contributed by atoms with Crippen molar-refractivity contribution in [3.8, 4) is 0 Å². The third-order valence-corrected chi connectivity index (χ3v) is 3.86. The lowest BCUT2D eigenvalue weighted by atomic mass is 9.99. The Kier molecular flexibility index (Phi) is 3.20. The number of aliphatic imine (C=N–C) groups is 1. The van der Waals surface area contributed by atoms with Gasteiger partial charge in [-0.3, -0.25) is 4.99 Å². The smallest absolute Gasteiger partial charge is 0.159 e. The van der Waals surface area contributed by atoms with Crippen LogP contribution in [0.3, 0.4) is 0 Å². The summed E-state index contributed by atoms with van der Waals surface area (Å²) in [5, 5.41) is 23.0. The number of rotatable bonds is 1. The van der Waals surface area contributed by atoms with Gasteiger partial charge in [0, 0.05) is 13.5 Å². The Morgan fingerprint density at radius 3 is 3.00 bits per heavy atom. The summed E-state index contributed by atoms with van der Waals surface area (Å²) in [6, 6.07) is 0.00227. The van der Waals surface area contributed by atoms with Crippen molar-refractivity contribution in [2.75, 3.05) is 7.05 Å². The van der Waals surface area contributed by atoms with Gasteiger partial charge in [0.05, 0.1) is 18.2 Å². The van der Waals surface area contributed by atoms with Crippen molar-refractivity contribution in [2.45, 2.75) is 43.1 Å². The highest BCUT2D eigenvalue weighted by atomic mass is 32.2. The van der Waals surface area contributed by atoms with E-state index >= 15 is 0 Å². The SMILES string of the molecule is CNC1=N[C@@H]2C[C@H](O)[C@@H]([C@@H](C)O)O[C@@H]2S1. The van der Waals surface area contributed by atoms with Crippen molar-refractivity contribution in [1.82, 2.24) is 5.32 Å². The first-order valence-electron chi connectivity index (χ1n) is 5.05. The lowest BCUT2D eigenvalue weighted by Crippen LogP contribution is -2.48. The van der Waals surface area contributed by atoms with Crippen LogP contribution in [0.15, 0.2) is 4.99 Å². The number of ether oxygens (including phenoxy) is 1. The van der Waals surface area contributed by atoms with E-state index < -0.39 is 18.3 Å². The lowest BCUT2D eigenvalue weighted by molar-refractivity contribution is -0.136. The van der Waals surface area contributed by atoms with Gasteiger partial charge in [0.15, 0.2) is 5.17 Å². The van der Waals surface area contributed by atoms with Crippen molar-refractivity contribution in [1.29, 1.82) is 0 Å². The minimum atomic E-state index is -0.653. The quantitative estimate of drug-likeness (QED) is 0.570. The summed E-state index contributed by atoms with van der Waals surface area (Å²) in [4.78, 5) is 4.37. The first-order valence-corrected chi connectivity index (χ1v) is 5.93. The number of fused-ring (bicyclic) bond motifs is 1. The highest BCUT2D eigenvalue weighted by Gasteiger charge is 2.43. The molecule has 0 amide bonds. The number of aliphatic hydroxyl groups excluding tert-OH is 2. The van der Waals surface area contributed by atoms with Gasteiger partial charge < -0.3 is 20.3 Å².